The highest BCUT2D eigenvalue weighted by Gasteiger charge is 2.22. The van der Waals surface area contributed by atoms with Crippen molar-refractivity contribution in [1.82, 2.24) is 19.5 Å². The van der Waals surface area contributed by atoms with Crippen molar-refractivity contribution in [2.75, 3.05) is 6.61 Å². The average molecular weight is 391 g/mol. The molecule has 0 spiro atoms. The number of nitrogens with one attached hydrogen (secondary N) is 1. The molecular weight excluding hydrogens is 374 g/mol. The van der Waals surface area contributed by atoms with Crippen LogP contribution in [0.3, 0.4) is 0 Å². The number of para-hydroxylation sites is 2. The van der Waals surface area contributed by atoms with Gasteiger partial charge in [-0.2, -0.15) is 0 Å². The van der Waals surface area contributed by atoms with Gasteiger partial charge in [0, 0.05) is 0 Å². The van der Waals surface area contributed by atoms with E-state index < -0.39 is 11.6 Å². The van der Waals surface area contributed by atoms with E-state index in [1.165, 1.54) is 4.57 Å². The summed E-state index contributed by atoms with van der Waals surface area (Å²) in [6.07, 6.45) is 0. The maximum Gasteiger partial charge on any atom is 0.332 e. The lowest BCUT2D eigenvalue weighted by Crippen LogP contribution is -2.15. The fourth-order valence-corrected chi connectivity index (χ4v) is 3.07. The first-order chi connectivity index (χ1) is 14.0. The van der Waals surface area contributed by atoms with Crippen LogP contribution in [0.5, 0.6) is 11.5 Å². The van der Waals surface area contributed by atoms with Crippen LogP contribution in [0, 0.1) is 0 Å². The molecule has 0 aliphatic rings. The number of carbonyl (C=O) groups is 1. The number of aromatic amines is 1. The summed E-state index contributed by atoms with van der Waals surface area (Å²) < 4.78 is 6.72. The van der Waals surface area contributed by atoms with Crippen LogP contribution in [0.2, 0.25) is 0 Å². The molecule has 4 rings (SSSR count). The Morgan fingerprint density at radius 2 is 1.93 bits per heavy atom. The predicted molar refractivity (Wildman–Crippen MR) is 106 cm³/mol. The van der Waals surface area contributed by atoms with Gasteiger partial charge in [0.1, 0.15) is 5.52 Å². The Kier molecular flexibility index (Phi) is 4.47. The number of nitrogens with zero attached hydrogens (tertiary/aromatic N) is 3. The first-order valence-electron chi connectivity index (χ1n) is 8.84. The maximum atomic E-state index is 12.6. The van der Waals surface area contributed by atoms with Crippen molar-refractivity contribution in [2.24, 2.45) is 5.73 Å². The summed E-state index contributed by atoms with van der Waals surface area (Å²) >= 11 is 0. The molecule has 2 aromatic heterocycles. The van der Waals surface area contributed by atoms with Crippen LogP contribution in [-0.2, 0) is 0 Å². The van der Waals surface area contributed by atoms with E-state index in [1.54, 1.807) is 49.4 Å². The predicted octanol–water partition coefficient (Wildman–Crippen LogP) is 1.98. The Morgan fingerprint density at radius 3 is 2.62 bits per heavy atom. The highest BCUT2D eigenvalue weighted by molar-refractivity contribution is 6.02. The van der Waals surface area contributed by atoms with Crippen molar-refractivity contribution in [1.29, 1.82) is 0 Å². The quantitative estimate of drug-likeness (QED) is 0.476. The van der Waals surface area contributed by atoms with Crippen LogP contribution in [0.25, 0.3) is 28.2 Å². The molecule has 4 aromatic rings. The van der Waals surface area contributed by atoms with E-state index in [-0.39, 0.29) is 39.7 Å². The first-order valence-corrected chi connectivity index (χ1v) is 8.84. The van der Waals surface area contributed by atoms with Crippen molar-refractivity contribution in [3.05, 3.63) is 64.7 Å². The Bertz CT molecular complexity index is 1280. The zero-order valence-electron chi connectivity index (χ0n) is 15.4. The fraction of sp³-hybridized carbons (Fsp3) is 0.100. The minimum atomic E-state index is -0.833. The lowest BCUT2D eigenvalue weighted by Gasteiger charge is -2.10. The Balaban J connectivity index is 2.04. The summed E-state index contributed by atoms with van der Waals surface area (Å²) in [7, 11) is 0. The second kappa shape index (κ2) is 7.12. The van der Waals surface area contributed by atoms with Gasteiger partial charge in [-0.25, -0.2) is 19.3 Å². The first kappa shape index (κ1) is 18.2. The zero-order chi connectivity index (χ0) is 20.5. The molecule has 0 fully saturated rings. The number of primary amides is 1. The SMILES string of the molecule is CCOc1cccc(-c2nc(C(N)=O)c3[nH]c(=O)n(-c4ccccc4)c3n2)c1O. The van der Waals surface area contributed by atoms with Gasteiger partial charge in [0.15, 0.2) is 28.7 Å². The van der Waals surface area contributed by atoms with Gasteiger partial charge < -0.3 is 20.6 Å². The molecule has 146 valence electrons. The standard InChI is InChI=1S/C20H17N5O4/c1-2-29-13-10-6-9-12(16(13)26)18-22-14(17(21)27)15-19(24-18)25(20(28)23-15)11-7-4-3-5-8-11/h3-10,26H,2H2,1H3,(H2,21,27)(H,23,28). The van der Waals surface area contributed by atoms with E-state index in [4.69, 9.17) is 10.5 Å². The maximum absolute atomic E-state index is 12.6. The number of aromatic hydroxyl groups is 1. The van der Waals surface area contributed by atoms with Crippen LogP contribution in [-0.4, -0.2) is 37.1 Å². The number of carbonyl (C=O) groups excluding carboxylic acids is 1. The number of phenols is 1. The number of benzene rings is 2. The van der Waals surface area contributed by atoms with Crippen LogP contribution in [0.4, 0.5) is 0 Å². The van der Waals surface area contributed by atoms with Crippen molar-refractivity contribution < 1.29 is 14.6 Å². The molecule has 0 unspecified atom stereocenters. The average Bonchev–Trinajstić information content (AvgIpc) is 3.05. The molecule has 29 heavy (non-hydrogen) atoms. The molecule has 9 heteroatoms. The van der Waals surface area contributed by atoms with Crippen molar-refractivity contribution in [2.45, 2.75) is 6.92 Å². The molecule has 4 N–H and O–H groups in total. The van der Waals surface area contributed by atoms with Gasteiger partial charge in [-0.15, -0.1) is 0 Å². The van der Waals surface area contributed by atoms with Gasteiger partial charge in [-0.3, -0.25) is 4.79 Å². The molecule has 2 heterocycles. The molecule has 2 aromatic carbocycles. The molecule has 0 saturated heterocycles. The number of amides is 1. The van der Waals surface area contributed by atoms with Gasteiger partial charge in [-0.1, -0.05) is 24.3 Å². The van der Waals surface area contributed by atoms with Gasteiger partial charge in [0.2, 0.25) is 0 Å². The number of aromatic nitrogens is 4. The van der Waals surface area contributed by atoms with Crippen LogP contribution < -0.4 is 16.2 Å². The number of nitrogens with two attached hydrogens (primary N) is 1. The van der Waals surface area contributed by atoms with E-state index in [2.05, 4.69) is 15.0 Å². The number of fused-ring (bicyclic) bond motifs is 1. The van der Waals surface area contributed by atoms with Gasteiger partial charge in [0.25, 0.3) is 5.91 Å². The summed E-state index contributed by atoms with van der Waals surface area (Å²) in [5.74, 6) is -0.716. The topological polar surface area (TPSA) is 136 Å². The summed E-state index contributed by atoms with van der Waals surface area (Å²) in [5.41, 5.74) is 5.93. The number of hydrogen-bond acceptors (Lipinski definition) is 6. The molecule has 0 aliphatic heterocycles. The normalized spacial score (nSPS) is 10.9. The number of rotatable bonds is 5. The molecule has 0 saturated carbocycles. The monoisotopic (exact) mass is 391 g/mol. The number of H-pyrrole nitrogens is 1. The van der Waals surface area contributed by atoms with E-state index in [1.807, 2.05) is 6.07 Å². The third kappa shape index (κ3) is 3.08. The van der Waals surface area contributed by atoms with Crippen LogP contribution in [0.1, 0.15) is 17.4 Å². The third-order valence-electron chi connectivity index (χ3n) is 4.32. The highest BCUT2D eigenvalue weighted by atomic mass is 16.5. The van der Waals surface area contributed by atoms with Gasteiger partial charge in [-0.05, 0) is 31.2 Å². The highest BCUT2D eigenvalue weighted by Crippen LogP contribution is 2.36. The zero-order valence-corrected chi connectivity index (χ0v) is 15.4. The second-order valence-corrected chi connectivity index (χ2v) is 6.15. The van der Waals surface area contributed by atoms with E-state index in [0.717, 1.165) is 0 Å². The molecule has 0 bridgehead atoms. The van der Waals surface area contributed by atoms with Crippen LogP contribution in [0.15, 0.2) is 53.3 Å². The lowest BCUT2D eigenvalue weighted by molar-refractivity contribution is 0.0997. The molecule has 9 nitrogen and oxygen atoms in total. The van der Waals surface area contributed by atoms with Crippen molar-refractivity contribution in [3.63, 3.8) is 0 Å². The molecule has 0 aliphatic carbocycles. The Morgan fingerprint density at radius 1 is 1.17 bits per heavy atom. The summed E-state index contributed by atoms with van der Waals surface area (Å²) in [5, 5.41) is 10.6. The molecule has 0 radical (unpaired) electrons. The minimum Gasteiger partial charge on any atom is -0.504 e. The van der Waals surface area contributed by atoms with E-state index >= 15 is 0 Å². The third-order valence-corrected chi connectivity index (χ3v) is 4.32. The largest absolute Gasteiger partial charge is 0.504 e. The fourth-order valence-electron chi connectivity index (χ4n) is 3.07. The second-order valence-electron chi connectivity index (χ2n) is 6.15. The number of imidazole rings is 1. The Hall–Kier alpha value is -4.14. The molecule has 0 atom stereocenters. The number of hydrogen-bond donors (Lipinski definition) is 3. The summed E-state index contributed by atoms with van der Waals surface area (Å²) in [6.45, 7) is 2.15. The smallest absolute Gasteiger partial charge is 0.332 e. The van der Waals surface area contributed by atoms with E-state index in [9.17, 15) is 14.7 Å². The van der Waals surface area contributed by atoms with Crippen molar-refractivity contribution >= 4 is 17.1 Å². The van der Waals surface area contributed by atoms with Gasteiger partial charge >= 0.3 is 5.69 Å². The minimum absolute atomic E-state index is 0.0361. The molecule has 1 amide bonds. The number of phenolic OH excluding ortho intramolecular Hbond substituents is 1. The molecular formula is C20H17N5O4. The number of ether oxygens (including phenoxy) is 1. The van der Waals surface area contributed by atoms with Crippen molar-refractivity contribution in [3.8, 4) is 28.6 Å². The lowest BCUT2D eigenvalue weighted by atomic mass is 10.1. The van der Waals surface area contributed by atoms with Gasteiger partial charge in [0.05, 0.1) is 17.9 Å². The summed E-state index contributed by atoms with van der Waals surface area (Å²) in [4.78, 5) is 35.8. The van der Waals surface area contributed by atoms with E-state index in [0.29, 0.717) is 12.3 Å². The Labute approximate surface area is 164 Å². The van der Waals surface area contributed by atoms with Crippen LogP contribution >= 0.6 is 0 Å². The summed E-state index contributed by atoms with van der Waals surface area (Å²) in [6, 6.07) is 13.7.